The second-order valence-corrected chi connectivity index (χ2v) is 25.8. The van der Waals surface area contributed by atoms with Crippen molar-refractivity contribution in [1.29, 1.82) is 0 Å². The molecule has 0 aliphatic carbocycles. The van der Waals surface area contributed by atoms with Crippen LogP contribution < -0.4 is 31.1 Å². The molecule has 0 bridgehead atoms. The van der Waals surface area contributed by atoms with Crippen molar-refractivity contribution in [2.75, 3.05) is 43.0 Å². The first-order chi connectivity index (χ1) is 30.0. The minimum Gasteiger partial charge on any atom is -0.506 e. The number of aromatic nitrogens is 1. The zero-order valence-corrected chi connectivity index (χ0v) is 40.3. The quantitative estimate of drug-likeness (QED) is 0.0234. The second kappa shape index (κ2) is 20.5. The molecule has 0 radical (unpaired) electrons. The number of sulfone groups is 1. The van der Waals surface area contributed by atoms with Gasteiger partial charge in [0.2, 0.25) is 19.9 Å². The number of nitrogens with one attached hydrogen (secondary N) is 4. The molecule has 2 amide bonds. The Kier molecular flexibility index (Phi) is 15.9. The van der Waals surface area contributed by atoms with Gasteiger partial charge in [-0.05, 0) is 110 Å². The van der Waals surface area contributed by atoms with Gasteiger partial charge in [0.25, 0.3) is 11.8 Å². The lowest BCUT2D eigenvalue weighted by molar-refractivity contribution is 0.0951. The summed E-state index contributed by atoms with van der Waals surface area (Å²) in [6, 6.07) is 20.7. The number of phenols is 1. The predicted molar refractivity (Wildman–Crippen MR) is 254 cm³/mol. The lowest BCUT2D eigenvalue weighted by Crippen LogP contribution is -2.43. The van der Waals surface area contributed by atoms with Gasteiger partial charge >= 0.3 is 0 Å². The molecule has 1 heterocycles. The summed E-state index contributed by atoms with van der Waals surface area (Å²) >= 11 is 0. The van der Waals surface area contributed by atoms with Crippen LogP contribution >= 0.6 is 0 Å². The molecule has 5 aromatic rings. The van der Waals surface area contributed by atoms with Gasteiger partial charge in [0.05, 0.1) is 51.7 Å². The number of anilines is 3. The van der Waals surface area contributed by atoms with E-state index in [0.29, 0.717) is 59.6 Å². The van der Waals surface area contributed by atoms with Crippen molar-refractivity contribution >= 4 is 68.0 Å². The molecule has 18 heteroatoms. The number of rotatable bonds is 21. The normalized spacial score (nSPS) is 12.8. The standard InChI is InChI=1S/C46H60N6O9S2Si/c1-30-23-36(27-37-42(30)50-28-38(44(47)54)43(37)51-33-16-14-17-34(26-33)60-5)63(58,59)35-18-13-15-32(24-35)45(55)49-22-12-10-9-11-21-48-29-41(61-64(7,8)46(2,3)4)31-19-20-40(53)39(25-31)52-62(6,56)57/h13-20,23-28,41,48,52-53H,9-12,21-22,29H2,1-8H3,(H2,47,54)(H,49,55)(H,50,51)/t41-/m0/s1. The number of ether oxygens (including phenoxy) is 1. The van der Waals surface area contributed by atoms with Gasteiger partial charge in [0, 0.05) is 42.0 Å². The highest BCUT2D eigenvalue weighted by Crippen LogP contribution is 2.41. The van der Waals surface area contributed by atoms with Crippen molar-refractivity contribution in [2.24, 2.45) is 5.73 Å². The number of nitrogens with zero attached hydrogens (tertiary/aromatic N) is 1. The summed E-state index contributed by atoms with van der Waals surface area (Å²) in [5, 5.41) is 20.2. The molecule has 1 atom stereocenters. The van der Waals surface area contributed by atoms with E-state index in [9.17, 15) is 31.5 Å². The van der Waals surface area contributed by atoms with Crippen LogP contribution in [0.15, 0.2) is 94.9 Å². The summed E-state index contributed by atoms with van der Waals surface area (Å²) in [6.45, 7) is 14.1. The number of methoxy groups -OCH3 is 1. The molecule has 0 fully saturated rings. The van der Waals surface area contributed by atoms with E-state index in [1.54, 1.807) is 49.4 Å². The first kappa shape index (κ1) is 49.5. The summed E-state index contributed by atoms with van der Waals surface area (Å²) in [6.07, 6.45) is 5.34. The number of benzene rings is 4. The molecule has 344 valence electrons. The number of sulfonamides is 1. The molecule has 0 aliphatic heterocycles. The van der Waals surface area contributed by atoms with Gasteiger partial charge in [0.1, 0.15) is 11.5 Å². The molecular weight excluding hydrogens is 873 g/mol. The number of phenolic OH excluding ortho intramolecular Hbond substituents is 1. The first-order valence-corrected chi connectivity index (χ1v) is 27.3. The second-order valence-electron chi connectivity index (χ2n) is 17.3. The number of primary amides is 1. The Hall–Kier alpha value is -5.53. The third-order valence-corrected chi connectivity index (χ3v) is 18.1. The number of pyridine rings is 1. The zero-order chi connectivity index (χ0) is 47.0. The molecular formula is C46H60N6O9S2Si. The third kappa shape index (κ3) is 12.6. The number of aryl methyl sites for hydroxylation is 1. The number of carbonyl (C=O) groups excluding carboxylic acids is 2. The van der Waals surface area contributed by atoms with Gasteiger partial charge in [-0.15, -0.1) is 0 Å². The fourth-order valence-corrected chi connectivity index (χ4v) is 10.0. The maximum absolute atomic E-state index is 14.1. The van der Waals surface area contributed by atoms with E-state index in [1.807, 2.05) is 0 Å². The van der Waals surface area contributed by atoms with Crippen molar-refractivity contribution in [3.05, 3.63) is 107 Å². The van der Waals surface area contributed by atoms with Crippen LogP contribution in [0.5, 0.6) is 11.5 Å². The molecule has 5 rings (SSSR count). The first-order valence-electron chi connectivity index (χ1n) is 21.0. The Morgan fingerprint density at radius 2 is 1.59 bits per heavy atom. The van der Waals surface area contributed by atoms with Crippen LogP contribution in [-0.2, 0) is 24.3 Å². The Morgan fingerprint density at radius 3 is 2.27 bits per heavy atom. The minimum atomic E-state index is -4.15. The zero-order valence-electron chi connectivity index (χ0n) is 37.7. The van der Waals surface area contributed by atoms with E-state index in [2.05, 4.69) is 59.5 Å². The monoisotopic (exact) mass is 932 g/mol. The third-order valence-electron chi connectivity index (χ3n) is 11.3. The van der Waals surface area contributed by atoms with E-state index < -0.39 is 40.0 Å². The largest absolute Gasteiger partial charge is 0.506 e. The van der Waals surface area contributed by atoms with Crippen LogP contribution in [-0.4, -0.2) is 80.1 Å². The number of nitrogens with two attached hydrogens (primary N) is 1. The highest BCUT2D eigenvalue weighted by molar-refractivity contribution is 7.92. The van der Waals surface area contributed by atoms with Crippen LogP contribution in [0.3, 0.4) is 0 Å². The van der Waals surface area contributed by atoms with E-state index in [1.165, 1.54) is 49.7 Å². The number of unbranched alkanes of at least 4 members (excludes halogenated alkanes) is 3. The lowest BCUT2D eigenvalue weighted by Gasteiger charge is -2.39. The molecule has 0 aliphatic rings. The van der Waals surface area contributed by atoms with Gasteiger partial charge in [-0.25, -0.2) is 16.8 Å². The van der Waals surface area contributed by atoms with Crippen molar-refractivity contribution in [2.45, 2.75) is 87.4 Å². The van der Waals surface area contributed by atoms with Gasteiger partial charge in [-0.2, -0.15) is 0 Å². The molecule has 1 aromatic heterocycles. The number of hydrogen-bond acceptors (Lipinski definition) is 12. The van der Waals surface area contributed by atoms with Crippen molar-refractivity contribution in [1.82, 2.24) is 15.6 Å². The van der Waals surface area contributed by atoms with Crippen LogP contribution in [0.1, 0.15) is 84.4 Å². The number of aromatic hydroxyl groups is 1. The Morgan fingerprint density at radius 1 is 0.891 bits per heavy atom. The van der Waals surface area contributed by atoms with Gasteiger partial charge in [-0.1, -0.05) is 51.8 Å². The van der Waals surface area contributed by atoms with Crippen LogP contribution in [0.2, 0.25) is 18.1 Å². The van der Waals surface area contributed by atoms with Gasteiger partial charge < -0.3 is 36.0 Å². The molecule has 15 nitrogen and oxygen atoms in total. The van der Waals surface area contributed by atoms with Crippen LogP contribution in [0.25, 0.3) is 10.9 Å². The molecule has 0 saturated carbocycles. The highest BCUT2D eigenvalue weighted by atomic mass is 32.2. The minimum absolute atomic E-state index is 0.0447. The van der Waals surface area contributed by atoms with E-state index >= 15 is 0 Å². The van der Waals surface area contributed by atoms with Crippen LogP contribution in [0.4, 0.5) is 17.1 Å². The maximum atomic E-state index is 14.1. The lowest BCUT2D eigenvalue weighted by atomic mass is 10.1. The van der Waals surface area contributed by atoms with Crippen molar-refractivity contribution in [3.63, 3.8) is 0 Å². The summed E-state index contributed by atoms with van der Waals surface area (Å²) in [5.41, 5.74) is 8.76. The number of fused-ring (bicyclic) bond motifs is 1. The average molecular weight is 933 g/mol. The predicted octanol–water partition coefficient (Wildman–Crippen LogP) is 7.95. The maximum Gasteiger partial charge on any atom is 0.252 e. The molecule has 0 unspecified atom stereocenters. The van der Waals surface area contributed by atoms with Crippen LogP contribution in [0, 0.1) is 6.92 Å². The summed E-state index contributed by atoms with van der Waals surface area (Å²) < 4.78 is 66.6. The topological polar surface area (TPSA) is 228 Å². The molecule has 7 N–H and O–H groups in total. The van der Waals surface area contributed by atoms with Crippen molar-refractivity contribution in [3.8, 4) is 11.5 Å². The average Bonchev–Trinajstić information content (AvgIpc) is 3.22. The number of amides is 2. The van der Waals surface area contributed by atoms with Crippen molar-refractivity contribution < 1.29 is 40.7 Å². The van der Waals surface area contributed by atoms with Gasteiger partial charge in [-0.3, -0.25) is 19.3 Å². The smallest absolute Gasteiger partial charge is 0.252 e. The van der Waals surface area contributed by atoms with Gasteiger partial charge in [0.15, 0.2) is 8.32 Å². The molecule has 64 heavy (non-hydrogen) atoms. The highest BCUT2D eigenvalue weighted by Gasteiger charge is 2.39. The fourth-order valence-electron chi connectivity index (χ4n) is 6.77. The van der Waals surface area contributed by atoms with E-state index in [0.717, 1.165) is 31.1 Å². The Bertz CT molecular complexity index is 2720. The van der Waals surface area contributed by atoms with E-state index in [4.69, 9.17) is 14.9 Å². The number of carbonyl (C=O) groups is 2. The fraction of sp³-hybridized carbons (Fsp3) is 0.370. The summed E-state index contributed by atoms with van der Waals surface area (Å²) in [7, 11) is -8.46. The molecule has 4 aromatic carbocycles. The summed E-state index contributed by atoms with van der Waals surface area (Å²) in [4.78, 5) is 30.1. The SMILES string of the molecule is COc1cccc(Nc2c(C(N)=O)cnc3c(C)cc(S(=O)(=O)c4cccc(C(=O)NCCCCCCNC[C@H](O[Si](C)(C)C(C)(C)C)c5ccc(O)c(NS(C)(=O)=O)c5)c4)cc23)c1. The number of hydrogen-bond donors (Lipinski definition) is 6. The summed E-state index contributed by atoms with van der Waals surface area (Å²) in [5.74, 6) is -0.744. The van der Waals surface area contributed by atoms with E-state index in [-0.39, 0.29) is 43.5 Å². The molecule has 0 spiro atoms. The Balaban J connectivity index is 1.18. The Labute approximate surface area is 377 Å². The molecule has 0 saturated heterocycles.